The van der Waals surface area contributed by atoms with Gasteiger partial charge >= 0.3 is 0 Å². The Kier molecular flexibility index (Phi) is 5.64. The number of rotatable bonds is 4. The van der Waals surface area contributed by atoms with Gasteiger partial charge in [-0.3, -0.25) is 9.69 Å². The topological polar surface area (TPSA) is 20.3 Å². The molecule has 0 aromatic heterocycles. The van der Waals surface area contributed by atoms with Crippen LogP contribution in [0.1, 0.15) is 28.8 Å². The molecule has 108 valence electrons. The van der Waals surface area contributed by atoms with E-state index in [1.807, 2.05) is 31.2 Å². The van der Waals surface area contributed by atoms with Gasteiger partial charge in [0.2, 0.25) is 0 Å². The molecule has 0 saturated carbocycles. The van der Waals surface area contributed by atoms with Crippen LogP contribution in [0.3, 0.4) is 0 Å². The van der Waals surface area contributed by atoms with Crippen molar-refractivity contribution >= 4 is 29.0 Å². The Labute approximate surface area is 130 Å². The van der Waals surface area contributed by atoms with Crippen LogP contribution < -0.4 is 0 Å². The smallest absolute Gasteiger partial charge is 0.166 e. The van der Waals surface area contributed by atoms with Crippen LogP contribution in [0.4, 0.5) is 0 Å². The third-order valence-electron chi connectivity index (χ3n) is 3.79. The molecule has 4 heteroatoms. The second-order valence-corrected chi connectivity index (χ2v) is 6.04. The van der Waals surface area contributed by atoms with Crippen molar-refractivity contribution in [2.24, 2.45) is 5.92 Å². The summed E-state index contributed by atoms with van der Waals surface area (Å²) in [6.07, 6.45) is 1.78. The van der Waals surface area contributed by atoms with E-state index in [4.69, 9.17) is 23.2 Å². The van der Waals surface area contributed by atoms with Crippen LogP contribution in [-0.2, 0) is 0 Å². The molecule has 1 aromatic carbocycles. The van der Waals surface area contributed by atoms with Gasteiger partial charge in [0, 0.05) is 28.6 Å². The third-order valence-corrected chi connectivity index (χ3v) is 4.39. The van der Waals surface area contributed by atoms with Gasteiger partial charge in [-0.25, -0.2) is 0 Å². The molecule has 1 saturated heterocycles. The monoisotopic (exact) mass is 311 g/mol. The lowest BCUT2D eigenvalue weighted by molar-refractivity contribution is 0.0848. The standard InChI is InChI=1S/C16H19Cl2NO/c1-12-2-4-13(5-3-12)16(20)14-6-8-19(9-7-14)11-15(18)10-17/h2-5,10,14H,6-9,11H2,1H3. The zero-order valence-corrected chi connectivity index (χ0v) is 13.1. The largest absolute Gasteiger partial charge is 0.298 e. The van der Waals surface area contributed by atoms with Crippen LogP contribution in [0, 0.1) is 12.8 Å². The quantitative estimate of drug-likeness (QED) is 0.776. The third kappa shape index (κ3) is 4.08. The Hall–Kier alpha value is -0.830. The first-order chi connectivity index (χ1) is 9.60. The predicted molar refractivity (Wildman–Crippen MR) is 84.5 cm³/mol. The average Bonchev–Trinajstić information content (AvgIpc) is 2.48. The molecule has 1 aliphatic heterocycles. The highest BCUT2D eigenvalue weighted by Gasteiger charge is 2.25. The molecule has 0 spiro atoms. The van der Waals surface area contributed by atoms with E-state index in [0.29, 0.717) is 11.6 Å². The molecular formula is C16H19Cl2NO. The number of ketones is 1. The van der Waals surface area contributed by atoms with Crippen molar-refractivity contribution in [1.29, 1.82) is 0 Å². The fraction of sp³-hybridized carbons (Fsp3) is 0.438. The van der Waals surface area contributed by atoms with Crippen LogP contribution in [-0.4, -0.2) is 30.3 Å². The number of piperidine rings is 1. The van der Waals surface area contributed by atoms with E-state index in [-0.39, 0.29) is 11.7 Å². The number of aryl methyl sites for hydroxylation is 1. The minimum Gasteiger partial charge on any atom is -0.298 e. The molecule has 1 fully saturated rings. The molecule has 1 heterocycles. The van der Waals surface area contributed by atoms with Gasteiger partial charge < -0.3 is 0 Å². The van der Waals surface area contributed by atoms with E-state index in [2.05, 4.69) is 4.90 Å². The normalized spacial score (nSPS) is 18.2. The molecule has 0 N–H and O–H groups in total. The number of Topliss-reactive ketones (excluding diaryl/α,β-unsaturated/α-hetero) is 1. The second kappa shape index (κ2) is 7.26. The molecule has 0 aliphatic carbocycles. The molecule has 0 amide bonds. The molecule has 20 heavy (non-hydrogen) atoms. The first-order valence-electron chi connectivity index (χ1n) is 6.88. The van der Waals surface area contributed by atoms with E-state index in [9.17, 15) is 4.79 Å². The fourth-order valence-corrected chi connectivity index (χ4v) is 2.79. The summed E-state index contributed by atoms with van der Waals surface area (Å²) >= 11 is 11.5. The number of carbonyl (C=O) groups is 1. The summed E-state index contributed by atoms with van der Waals surface area (Å²) in [4.78, 5) is 14.7. The van der Waals surface area contributed by atoms with E-state index < -0.39 is 0 Å². The van der Waals surface area contributed by atoms with Crippen molar-refractivity contribution in [2.45, 2.75) is 19.8 Å². The average molecular weight is 312 g/mol. The molecule has 1 aliphatic rings. The van der Waals surface area contributed by atoms with Crippen LogP contribution in [0.2, 0.25) is 0 Å². The van der Waals surface area contributed by atoms with Crippen LogP contribution >= 0.6 is 23.2 Å². The van der Waals surface area contributed by atoms with Crippen LogP contribution in [0.5, 0.6) is 0 Å². The Morgan fingerprint density at radius 2 is 1.90 bits per heavy atom. The maximum Gasteiger partial charge on any atom is 0.166 e. The van der Waals surface area contributed by atoms with Crippen LogP contribution in [0.15, 0.2) is 34.8 Å². The van der Waals surface area contributed by atoms with Gasteiger partial charge in [-0.1, -0.05) is 53.0 Å². The van der Waals surface area contributed by atoms with Gasteiger partial charge in [0.1, 0.15) is 0 Å². The highest BCUT2D eigenvalue weighted by Crippen LogP contribution is 2.23. The predicted octanol–water partition coefficient (Wildman–Crippen LogP) is 4.21. The molecule has 0 radical (unpaired) electrons. The van der Waals surface area contributed by atoms with Crippen molar-refractivity contribution in [1.82, 2.24) is 4.90 Å². The summed E-state index contributed by atoms with van der Waals surface area (Å²) in [7, 11) is 0. The molecule has 2 rings (SSSR count). The lowest BCUT2D eigenvalue weighted by Gasteiger charge is -2.31. The van der Waals surface area contributed by atoms with Crippen molar-refractivity contribution in [3.05, 3.63) is 46.0 Å². The van der Waals surface area contributed by atoms with Gasteiger partial charge in [-0.2, -0.15) is 0 Å². The SMILES string of the molecule is Cc1ccc(C(=O)C2CCN(CC(Cl)=CCl)CC2)cc1. The molecule has 2 nitrogen and oxygen atoms in total. The highest BCUT2D eigenvalue weighted by molar-refractivity contribution is 6.36. The number of halogens is 2. The minimum absolute atomic E-state index is 0.132. The zero-order chi connectivity index (χ0) is 14.5. The Bertz CT molecular complexity index is 488. The van der Waals surface area contributed by atoms with Gasteiger partial charge in [0.15, 0.2) is 5.78 Å². The lowest BCUT2D eigenvalue weighted by atomic mass is 9.88. The summed E-state index contributed by atoms with van der Waals surface area (Å²) in [5, 5.41) is 0.648. The Balaban J connectivity index is 1.90. The van der Waals surface area contributed by atoms with E-state index in [1.165, 1.54) is 11.1 Å². The fourth-order valence-electron chi connectivity index (χ4n) is 2.55. The maximum absolute atomic E-state index is 12.4. The van der Waals surface area contributed by atoms with E-state index in [0.717, 1.165) is 31.5 Å². The first-order valence-corrected chi connectivity index (χ1v) is 7.69. The highest BCUT2D eigenvalue weighted by atomic mass is 35.5. The summed E-state index contributed by atoms with van der Waals surface area (Å²) in [5.74, 6) is 0.399. The second-order valence-electron chi connectivity index (χ2n) is 5.34. The molecular weight excluding hydrogens is 293 g/mol. The first kappa shape index (κ1) is 15.6. The van der Waals surface area contributed by atoms with Crippen molar-refractivity contribution in [2.75, 3.05) is 19.6 Å². The Morgan fingerprint density at radius 1 is 1.30 bits per heavy atom. The lowest BCUT2D eigenvalue weighted by Crippen LogP contribution is -2.37. The molecule has 1 aromatic rings. The summed E-state index contributed by atoms with van der Waals surface area (Å²) in [5.41, 5.74) is 3.41. The molecule has 0 unspecified atom stereocenters. The number of likely N-dealkylation sites (tertiary alicyclic amines) is 1. The number of nitrogens with zero attached hydrogens (tertiary/aromatic N) is 1. The van der Waals surface area contributed by atoms with E-state index >= 15 is 0 Å². The summed E-state index contributed by atoms with van der Waals surface area (Å²) in [6, 6.07) is 7.84. The Morgan fingerprint density at radius 3 is 2.45 bits per heavy atom. The minimum atomic E-state index is 0.132. The van der Waals surface area contributed by atoms with Gasteiger partial charge in [-0.05, 0) is 32.9 Å². The van der Waals surface area contributed by atoms with Crippen molar-refractivity contribution in [3.63, 3.8) is 0 Å². The maximum atomic E-state index is 12.4. The number of hydrogen-bond acceptors (Lipinski definition) is 2. The van der Waals surface area contributed by atoms with Crippen molar-refractivity contribution in [3.8, 4) is 0 Å². The van der Waals surface area contributed by atoms with E-state index in [1.54, 1.807) is 0 Å². The van der Waals surface area contributed by atoms with Gasteiger partial charge in [0.05, 0.1) is 0 Å². The zero-order valence-electron chi connectivity index (χ0n) is 11.6. The summed E-state index contributed by atoms with van der Waals surface area (Å²) in [6.45, 7) is 4.49. The molecule has 0 atom stereocenters. The van der Waals surface area contributed by atoms with Crippen LogP contribution in [0.25, 0.3) is 0 Å². The number of hydrogen-bond donors (Lipinski definition) is 0. The van der Waals surface area contributed by atoms with Crippen molar-refractivity contribution < 1.29 is 4.79 Å². The van der Waals surface area contributed by atoms with Gasteiger partial charge in [0.25, 0.3) is 0 Å². The number of carbonyl (C=O) groups excluding carboxylic acids is 1. The van der Waals surface area contributed by atoms with Gasteiger partial charge in [-0.15, -0.1) is 0 Å². The molecule has 0 bridgehead atoms. The number of benzene rings is 1. The summed E-state index contributed by atoms with van der Waals surface area (Å²) < 4.78 is 0.